The van der Waals surface area contributed by atoms with Crippen LogP contribution in [0.25, 0.3) is 17.0 Å². The summed E-state index contributed by atoms with van der Waals surface area (Å²) in [5.41, 5.74) is 2.15. The van der Waals surface area contributed by atoms with Gasteiger partial charge < -0.3 is 4.42 Å². The Labute approximate surface area is 90.4 Å². The van der Waals surface area contributed by atoms with Crippen LogP contribution in [0, 0.1) is 6.92 Å². The molecule has 1 nitrogen and oxygen atoms in total. The minimum atomic E-state index is 0.953. The highest BCUT2D eigenvalue weighted by Gasteiger charge is 1.95. The van der Waals surface area contributed by atoms with Gasteiger partial charge in [0.15, 0.2) is 0 Å². The molecule has 0 amide bonds. The molecule has 0 fully saturated rings. The van der Waals surface area contributed by atoms with Crippen LogP contribution in [0.3, 0.4) is 0 Å². The third-order valence-electron chi connectivity index (χ3n) is 2.41. The second kappa shape index (κ2) is 4.83. The van der Waals surface area contributed by atoms with E-state index in [1.54, 1.807) is 6.26 Å². The van der Waals surface area contributed by atoms with Crippen molar-refractivity contribution in [2.75, 3.05) is 0 Å². The van der Waals surface area contributed by atoms with Gasteiger partial charge in [0, 0.05) is 5.39 Å². The SMILES string of the molecule is [CH2]CCCC=Cc1ccc2ccoc2c1. The topological polar surface area (TPSA) is 13.1 Å². The molecule has 2 aromatic rings. The summed E-state index contributed by atoms with van der Waals surface area (Å²) in [5.74, 6) is 0. The summed E-state index contributed by atoms with van der Waals surface area (Å²) >= 11 is 0. The molecule has 0 atom stereocenters. The van der Waals surface area contributed by atoms with Gasteiger partial charge in [0.2, 0.25) is 0 Å². The van der Waals surface area contributed by atoms with E-state index < -0.39 is 0 Å². The Morgan fingerprint density at radius 3 is 3.07 bits per heavy atom. The minimum Gasteiger partial charge on any atom is -0.464 e. The van der Waals surface area contributed by atoms with Crippen molar-refractivity contribution >= 4 is 17.0 Å². The molecular formula is C14H15O. The fourth-order valence-corrected chi connectivity index (χ4v) is 1.56. The Kier molecular flexibility index (Phi) is 3.23. The van der Waals surface area contributed by atoms with Crippen molar-refractivity contribution in [2.24, 2.45) is 0 Å². The van der Waals surface area contributed by atoms with Crippen molar-refractivity contribution in [3.8, 4) is 0 Å². The minimum absolute atomic E-state index is 0.953. The van der Waals surface area contributed by atoms with Gasteiger partial charge in [0.05, 0.1) is 6.26 Å². The number of hydrogen-bond donors (Lipinski definition) is 0. The van der Waals surface area contributed by atoms with Crippen LogP contribution in [0.2, 0.25) is 0 Å². The highest BCUT2D eigenvalue weighted by atomic mass is 16.3. The molecule has 0 aliphatic carbocycles. The lowest BCUT2D eigenvalue weighted by Crippen LogP contribution is -1.72. The average molecular weight is 199 g/mol. The lowest BCUT2D eigenvalue weighted by molar-refractivity contribution is 0.616. The Balaban J connectivity index is 2.10. The van der Waals surface area contributed by atoms with E-state index in [1.165, 1.54) is 5.56 Å². The zero-order valence-electron chi connectivity index (χ0n) is 8.78. The largest absolute Gasteiger partial charge is 0.464 e. The van der Waals surface area contributed by atoms with Gasteiger partial charge in [-0.25, -0.2) is 0 Å². The van der Waals surface area contributed by atoms with Gasteiger partial charge in [-0.3, -0.25) is 0 Å². The number of rotatable bonds is 4. The maximum atomic E-state index is 5.34. The molecule has 0 spiro atoms. The summed E-state index contributed by atoms with van der Waals surface area (Å²) in [4.78, 5) is 0. The van der Waals surface area contributed by atoms with E-state index in [4.69, 9.17) is 4.42 Å². The Morgan fingerprint density at radius 1 is 1.27 bits per heavy atom. The number of hydrogen-bond acceptors (Lipinski definition) is 1. The first-order valence-corrected chi connectivity index (χ1v) is 5.33. The van der Waals surface area contributed by atoms with E-state index in [-0.39, 0.29) is 0 Å². The van der Waals surface area contributed by atoms with Crippen LogP contribution >= 0.6 is 0 Å². The molecule has 0 bridgehead atoms. The van der Waals surface area contributed by atoms with Gasteiger partial charge in [0.1, 0.15) is 5.58 Å². The van der Waals surface area contributed by atoms with Gasteiger partial charge in [-0.05, 0) is 30.5 Å². The molecule has 1 heterocycles. The molecule has 0 saturated heterocycles. The molecular weight excluding hydrogens is 184 g/mol. The Bertz CT molecular complexity index is 451. The molecule has 0 aliphatic rings. The molecule has 1 aromatic heterocycles. The highest BCUT2D eigenvalue weighted by Crippen LogP contribution is 2.17. The van der Waals surface area contributed by atoms with Crippen molar-refractivity contribution in [3.63, 3.8) is 0 Å². The van der Waals surface area contributed by atoms with Crippen LogP contribution in [0.1, 0.15) is 24.8 Å². The molecule has 1 aromatic carbocycles. The predicted octanol–water partition coefficient (Wildman–Crippen LogP) is 4.45. The van der Waals surface area contributed by atoms with Crippen molar-refractivity contribution < 1.29 is 4.42 Å². The third-order valence-corrected chi connectivity index (χ3v) is 2.41. The van der Waals surface area contributed by atoms with E-state index >= 15 is 0 Å². The number of furan rings is 1. The molecule has 15 heavy (non-hydrogen) atoms. The van der Waals surface area contributed by atoms with Gasteiger partial charge in [-0.2, -0.15) is 0 Å². The number of benzene rings is 1. The first kappa shape index (κ1) is 10.0. The fourth-order valence-electron chi connectivity index (χ4n) is 1.56. The van der Waals surface area contributed by atoms with Crippen molar-refractivity contribution in [1.29, 1.82) is 0 Å². The lowest BCUT2D eigenvalue weighted by Gasteiger charge is -1.93. The average Bonchev–Trinajstić information content (AvgIpc) is 2.71. The number of allylic oxidation sites excluding steroid dienone is 1. The van der Waals surface area contributed by atoms with Crippen LogP contribution in [0.5, 0.6) is 0 Å². The van der Waals surface area contributed by atoms with Crippen LogP contribution in [0.15, 0.2) is 41.0 Å². The molecule has 0 saturated carbocycles. The Hall–Kier alpha value is -1.50. The molecule has 0 unspecified atom stereocenters. The van der Waals surface area contributed by atoms with Gasteiger partial charge >= 0.3 is 0 Å². The number of unbranched alkanes of at least 4 members (excludes halogenated alkanes) is 2. The molecule has 0 N–H and O–H groups in total. The molecule has 1 heteroatoms. The standard InChI is InChI=1S/C14H15O/c1-2-3-4-5-6-12-7-8-13-9-10-15-14(13)11-12/h5-11H,1-4H2. The van der Waals surface area contributed by atoms with Gasteiger partial charge in [-0.15, -0.1) is 0 Å². The normalized spacial score (nSPS) is 11.5. The molecule has 0 aliphatic heterocycles. The van der Waals surface area contributed by atoms with Gasteiger partial charge in [-0.1, -0.05) is 37.6 Å². The highest BCUT2D eigenvalue weighted by molar-refractivity contribution is 5.79. The van der Waals surface area contributed by atoms with E-state index in [2.05, 4.69) is 37.3 Å². The monoisotopic (exact) mass is 199 g/mol. The summed E-state index contributed by atoms with van der Waals surface area (Å²) < 4.78 is 5.34. The van der Waals surface area contributed by atoms with Crippen LogP contribution in [-0.2, 0) is 0 Å². The molecule has 1 radical (unpaired) electrons. The first-order valence-electron chi connectivity index (χ1n) is 5.33. The van der Waals surface area contributed by atoms with Crippen molar-refractivity contribution in [1.82, 2.24) is 0 Å². The predicted molar refractivity (Wildman–Crippen MR) is 64.5 cm³/mol. The van der Waals surface area contributed by atoms with Crippen LogP contribution in [0.4, 0.5) is 0 Å². The number of fused-ring (bicyclic) bond motifs is 1. The summed E-state index contributed by atoms with van der Waals surface area (Å²) in [7, 11) is 0. The zero-order valence-corrected chi connectivity index (χ0v) is 8.78. The smallest absolute Gasteiger partial charge is 0.134 e. The van der Waals surface area contributed by atoms with Crippen LogP contribution < -0.4 is 0 Å². The summed E-state index contributed by atoms with van der Waals surface area (Å²) in [6.07, 6.45) is 9.30. The quantitative estimate of drug-likeness (QED) is 0.663. The molecule has 2 rings (SSSR count). The van der Waals surface area contributed by atoms with Gasteiger partial charge in [0.25, 0.3) is 0 Å². The zero-order chi connectivity index (χ0) is 10.5. The first-order chi connectivity index (χ1) is 7.40. The Morgan fingerprint density at radius 2 is 2.20 bits per heavy atom. The van der Waals surface area contributed by atoms with Crippen molar-refractivity contribution in [3.05, 3.63) is 49.1 Å². The maximum Gasteiger partial charge on any atom is 0.134 e. The molecule has 77 valence electrons. The van der Waals surface area contributed by atoms with E-state index in [0.29, 0.717) is 0 Å². The second-order valence-electron chi connectivity index (χ2n) is 3.62. The summed E-state index contributed by atoms with van der Waals surface area (Å²) in [6.45, 7) is 3.82. The van der Waals surface area contributed by atoms with E-state index in [9.17, 15) is 0 Å². The van der Waals surface area contributed by atoms with E-state index in [0.717, 1.165) is 30.2 Å². The third kappa shape index (κ3) is 2.50. The second-order valence-corrected chi connectivity index (χ2v) is 3.62. The summed E-state index contributed by atoms with van der Waals surface area (Å²) in [6, 6.07) is 8.24. The lowest BCUT2D eigenvalue weighted by atomic mass is 10.1. The van der Waals surface area contributed by atoms with Crippen molar-refractivity contribution in [2.45, 2.75) is 19.3 Å². The van der Waals surface area contributed by atoms with E-state index in [1.807, 2.05) is 6.07 Å². The van der Waals surface area contributed by atoms with Crippen LogP contribution in [-0.4, -0.2) is 0 Å². The summed E-state index contributed by atoms with van der Waals surface area (Å²) in [5, 5.41) is 1.16. The fraction of sp³-hybridized carbons (Fsp3) is 0.214. The maximum absolute atomic E-state index is 5.34.